The summed E-state index contributed by atoms with van der Waals surface area (Å²) < 4.78 is 18.3. The standard InChI is InChI=1S/C15H18ClFO3/c1-2-20-14(19)10-5-3-4-9-13(18)15-11(16)7-6-8-12(15)17/h6-8H,2-5,9-10H2,1H3. The van der Waals surface area contributed by atoms with E-state index in [2.05, 4.69) is 0 Å². The number of ether oxygens (including phenoxy) is 1. The van der Waals surface area contributed by atoms with Crippen molar-refractivity contribution in [2.75, 3.05) is 6.61 Å². The number of Topliss-reactive ketones (excluding diaryl/α,β-unsaturated/α-hetero) is 1. The zero-order valence-corrected chi connectivity index (χ0v) is 12.2. The number of benzene rings is 1. The van der Waals surface area contributed by atoms with Crippen molar-refractivity contribution in [3.8, 4) is 0 Å². The van der Waals surface area contributed by atoms with Crippen LogP contribution in [0.3, 0.4) is 0 Å². The fourth-order valence-electron chi connectivity index (χ4n) is 1.85. The Balaban J connectivity index is 2.32. The van der Waals surface area contributed by atoms with E-state index in [4.69, 9.17) is 16.3 Å². The molecular formula is C15H18ClFO3. The lowest BCUT2D eigenvalue weighted by Crippen LogP contribution is -2.05. The van der Waals surface area contributed by atoms with Gasteiger partial charge in [-0.3, -0.25) is 9.59 Å². The number of halogens is 2. The van der Waals surface area contributed by atoms with Gasteiger partial charge in [0.2, 0.25) is 0 Å². The van der Waals surface area contributed by atoms with Gasteiger partial charge in [-0.1, -0.05) is 24.1 Å². The molecule has 1 rings (SSSR count). The van der Waals surface area contributed by atoms with E-state index in [1.165, 1.54) is 18.2 Å². The zero-order chi connectivity index (χ0) is 15.0. The Bertz CT molecular complexity index is 454. The predicted molar refractivity (Wildman–Crippen MR) is 75.5 cm³/mol. The van der Waals surface area contributed by atoms with E-state index in [1.54, 1.807) is 6.92 Å². The Morgan fingerprint density at radius 3 is 2.55 bits per heavy atom. The number of rotatable bonds is 8. The lowest BCUT2D eigenvalue weighted by molar-refractivity contribution is -0.143. The van der Waals surface area contributed by atoms with Crippen LogP contribution in [0.2, 0.25) is 5.02 Å². The van der Waals surface area contributed by atoms with Crippen molar-refractivity contribution in [2.24, 2.45) is 0 Å². The highest BCUT2D eigenvalue weighted by molar-refractivity contribution is 6.34. The highest BCUT2D eigenvalue weighted by Gasteiger charge is 2.15. The van der Waals surface area contributed by atoms with Crippen LogP contribution in [0.15, 0.2) is 18.2 Å². The van der Waals surface area contributed by atoms with Crippen LogP contribution >= 0.6 is 11.6 Å². The Labute approximate surface area is 123 Å². The summed E-state index contributed by atoms with van der Waals surface area (Å²) >= 11 is 5.82. The van der Waals surface area contributed by atoms with Gasteiger partial charge in [0.15, 0.2) is 5.78 Å². The first-order chi connectivity index (χ1) is 9.56. The molecule has 0 amide bonds. The number of unbranched alkanes of at least 4 members (excludes halogenated alkanes) is 2. The van der Waals surface area contributed by atoms with Gasteiger partial charge < -0.3 is 4.74 Å². The quantitative estimate of drug-likeness (QED) is 0.411. The van der Waals surface area contributed by atoms with E-state index in [0.29, 0.717) is 25.9 Å². The average Bonchev–Trinajstić information content (AvgIpc) is 2.38. The largest absolute Gasteiger partial charge is 0.466 e. The minimum atomic E-state index is -0.589. The van der Waals surface area contributed by atoms with Gasteiger partial charge in [-0.15, -0.1) is 0 Å². The molecular weight excluding hydrogens is 283 g/mol. The smallest absolute Gasteiger partial charge is 0.305 e. The number of ketones is 1. The minimum absolute atomic E-state index is 0.0421. The fourth-order valence-corrected chi connectivity index (χ4v) is 2.12. The lowest BCUT2D eigenvalue weighted by atomic mass is 10.0. The van der Waals surface area contributed by atoms with Gasteiger partial charge >= 0.3 is 5.97 Å². The lowest BCUT2D eigenvalue weighted by Gasteiger charge is -2.05. The SMILES string of the molecule is CCOC(=O)CCCCCC(=O)c1c(F)cccc1Cl. The highest BCUT2D eigenvalue weighted by Crippen LogP contribution is 2.21. The van der Waals surface area contributed by atoms with Crippen LogP contribution in [0.25, 0.3) is 0 Å². The maximum Gasteiger partial charge on any atom is 0.305 e. The fraction of sp³-hybridized carbons (Fsp3) is 0.467. The molecule has 0 heterocycles. The molecule has 0 radical (unpaired) electrons. The second kappa shape index (κ2) is 8.69. The van der Waals surface area contributed by atoms with Gasteiger partial charge in [0.1, 0.15) is 5.82 Å². The number of hydrogen-bond donors (Lipinski definition) is 0. The topological polar surface area (TPSA) is 43.4 Å². The molecule has 0 saturated carbocycles. The molecule has 110 valence electrons. The number of esters is 1. The van der Waals surface area contributed by atoms with Crippen LogP contribution in [0.5, 0.6) is 0 Å². The molecule has 0 aliphatic carbocycles. The van der Waals surface area contributed by atoms with Crippen molar-refractivity contribution in [1.82, 2.24) is 0 Å². The van der Waals surface area contributed by atoms with Gasteiger partial charge in [0.25, 0.3) is 0 Å². The van der Waals surface area contributed by atoms with Crippen molar-refractivity contribution in [3.63, 3.8) is 0 Å². The first kappa shape index (κ1) is 16.6. The normalized spacial score (nSPS) is 10.3. The van der Waals surface area contributed by atoms with Crippen LogP contribution in [-0.4, -0.2) is 18.4 Å². The third-order valence-electron chi connectivity index (χ3n) is 2.83. The highest BCUT2D eigenvalue weighted by atomic mass is 35.5. The summed E-state index contributed by atoms with van der Waals surface area (Å²) in [6, 6.07) is 4.19. The first-order valence-electron chi connectivity index (χ1n) is 6.69. The van der Waals surface area contributed by atoms with Crippen molar-refractivity contribution < 1.29 is 18.7 Å². The molecule has 1 aromatic rings. The molecule has 0 fully saturated rings. The molecule has 0 spiro atoms. The molecule has 0 unspecified atom stereocenters. The predicted octanol–water partition coefficient (Wildman–Crippen LogP) is 4.18. The number of hydrogen-bond acceptors (Lipinski definition) is 3. The second-order valence-corrected chi connectivity index (χ2v) is 4.79. The van der Waals surface area contributed by atoms with E-state index >= 15 is 0 Å². The summed E-state index contributed by atoms with van der Waals surface area (Å²) in [6.45, 7) is 2.14. The monoisotopic (exact) mass is 300 g/mol. The van der Waals surface area contributed by atoms with Crippen LogP contribution in [0.4, 0.5) is 4.39 Å². The van der Waals surface area contributed by atoms with E-state index in [-0.39, 0.29) is 28.8 Å². The maximum atomic E-state index is 13.5. The Morgan fingerprint density at radius 1 is 1.20 bits per heavy atom. The Hall–Kier alpha value is -1.42. The molecule has 1 aromatic carbocycles. The number of carbonyl (C=O) groups is 2. The van der Waals surface area contributed by atoms with Gasteiger partial charge in [-0.2, -0.15) is 0 Å². The third-order valence-corrected chi connectivity index (χ3v) is 3.15. The van der Waals surface area contributed by atoms with Crippen LogP contribution in [-0.2, 0) is 9.53 Å². The summed E-state index contributed by atoms with van der Waals surface area (Å²) in [6.07, 6.45) is 2.56. The van der Waals surface area contributed by atoms with E-state index in [1.807, 2.05) is 0 Å². The van der Waals surface area contributed by atoms with Crippen LogP contribution < -0.4 is 0 Å². The van der Waals surface area contributed by atoms with E-state index < -0.39 is 5.82 Å². The summed E-state index contributed by atoms with van der Waals surface area (Å²) in [5.74, 6) is -1.12. The zero-order valence-electron chi connectivity index (χ0n) is 11.5. The Kier molecular flexibility index (Phi) is 7.23. The summed E-state index contributed by atoms with van der Waals surface area (Å²) in [7, 11) is 0. The van der Waals surface area contributed by atoms with Gasteiger partial charge in [-0.05, 0) is 31.9 Å². The molecule has 20 heavy (non-hydrogen) atoms. The van der Waals surface area contributed by atoms with Gasteiger partial charge in [-0.25, -0.2) is 4.39 Å². The van der Waals surface area contributed by atoms with Gasteiger partial charge in [0.05, 0.1) is 17.2 Å². The molecule has 5 heteroatoms. The molecule has 3 nitrogen and oxygen atoms in total. The molecule has 0 atom stereocenters. The van der Waals surface area contributed by atoms with Crippen molar-refractivity contribution in [1.29, 1.82) is 0 Å². The van der Waals surface area contributed by atoms with E-state index in [9.17, 15) is 14.0 Å². The Morgan fingerprint density at radius 2 is 1.90 bits per heavy atom. The minimum Gasteiger partial charge on any atom is -0.466 e. The average molecular weight is 301 g/mol. The molecule has 0 saturated heterocycles. The molecule has 0 aliphatic heterocycles. The summed E-state index contributed by atoms with van der Waals surface area (Å²) in [5, 5.41) is 0.140. The molecule has 0 aromatic heterocycles. The summed E-state index contributed by atoms with van der Waals surface area (Å²) in [5.41, 5.74) is -0.0421. The van der Waals surface area contributed by atoms with E-state index in [0.717, 1.165) is 6.42 Å². The molecule has 0 aliphatic rings. The first-order valence-corrected chi connectivity index (χ1v) is 7.07. The van der Waals surface area contributed by atoms with Crippen LogP contribution in [0.1, 0.15) is 49.4 Å². The van der Waals surface area contributed by atoms with Crippen molar-refractivity contribution in [3.05, 3.63) is 34.6 Å². The molecule has 0 bridgehead atoms. The van der Waals surface area contributed by atoms with Crippen LogP contribution in [0, 0.1) is 5.82 Å². The third kappa shape index (κ3) is 5.29. The number of carbonyl (C=O) groups excluding carboxylic acids is 2. The molecule has 0 N–H and O–H groups in total. The maximum absolute atomic E-state index is 13.5. The van der Waals surface area contributed by atoms with Crippen molar-refractivity contribution >= 4 is 23.4 Å². The summed E-state index contributed by atoms with van der Waals surface area (Å²) in [4.78, 5) is 23.0. The van der Waals surface area contributed by atoms with Crippen molar-refractivity contribution in [2.45, 2.75) is 39.0 Å². The van der Waals surface area contributed by atoms with Gasteiger partial charge in [0, 0.05) is 12.8 Å². The second-order valence-electron chi connectivity index (χ2n) is 4.39.